The van der Waals surface area contributed by atoms with Crippen LogP contribution >= 0.6 is 0 Å². The lowest BCUT2D eigenvalue weighted by atomic mass is 9.95. The number of aromatic nitrogens is 2. The Hall–Kier alpha value is -2.60. The SMILES string of the molecule is O=C(N[C@@H]1C[C@H]2CC[C@@H]1N2)c1ccc2occ(-n3ccnc3)c2c1. The maximum Gasteiger partial charge on any atom is 0.251 e. The fraction of sp³-hybridized carbons (Fsp3) is 0.333. The molecule has 0 radical (unpaired) electrons. The Bertz CT molecular complexity index is 899. The zero-order valence-electron chi connectivity index (χ0n) is 13.1. The van der Waals surface area contributed by atoms with Crippen LogP contribution in [0.15, 0.2) is 47.6 Å². The lowest BCUT2D eigenvalue weighted by Crippen LogP contribution is -2.42. The average Bonchev–Trinajstić information content (AvgIpc) is 3.36. The maximum atomic E-state index is 12.7. The van der Waals surface area contributed by atoms with Gasteiger partial charge >= 0.3 is 0 Å². The minimum atomic E-state index is -0.0194. The predicted octanol–water partition coefficient (Wildman–Crippen LogP) is 2.24. The van der Waals surface area contributed by atoms with Gasteiger partial charge in [0.15, 0.2) is 0 Å². The molecule has 0 aliphatic carbocycles. The number of benzene rings is 1. The van der Waals surface area contributed by atoms with E-state index >= 15 is 0 Å². The van der Waals surface area contributed by atoms with E-state index in [1.54, 1.807) is 18.8 Å². The minimum Gasteiger partial charge on any atom is -0.462 e. The van der Waals surface area contributed by atoms with Crippen molar-refractivity contribution in [3.05, 3.63) is 48.7 Å². The number of hydrogen-bond donors (Lipinski definition) is 2. The summed E-state index contributed by atoms with van der Waals surface area (Å²) in [6, 6.07) is 6.81. The molecule has 2 saturated heterocycles. The molecule has 0 spiro atoms. The number of imidazole rings is 1. The molecule has 6 nitrogen and oxygen atoms in total. The van der Waals surface area contributed by atoms with Crippen LogP contribution in [0.1, 0.15) is 29.6 Å². The van der Waals surface area contributed by atoms with Crippen molar-refractivity contribution >= 4 is 16.9 Å². The number of carbonyl (C=O) groups excluding carboxylic acids is 1. The lowest BCUT2D eigenvalue weighted by molar-refractivity contribution is 0.0931. The Morgan fingerprint density at radius 3 is 3.08 bits per heavy atom. The molecule has 2 bridgehead atoms. The van der Waals surface area contributed by atoms with E-state index in [1.807, 2.05) is 29.0 Å². The van der Waals surface area contributed by atoms with E-state index in [-0.39, 0.29) is 11.9 Å². The van der Waals surface area contributed by atoms with Gasteiger partial charge in [-0.05, 0) is 37.5 Å². The molecule has 2 aromatic heterocycles. The molecule has 0 unspecified atom stereocenters. The van der Waals surface area contributed by atoms with E-state index in [0.29, 0.717) is 17.6 Å². The van der Waals surface area contributed by atoms with Gasteiger partial charge in [-0.25, -0.2) is 4.98 Å². The van der Waals surface area contributed by atoms with Gasteiger partial charge < -0.3 is 19.6 Å². The molecule has 3 atom stereocenters. The van der Waals surface area contributed by atoms with Crippen molar-refractivity contribution < 1.29 is 9.21 Å². The average molecular weight is 322 g/mol. The fourth-order valence-electron chi connectivity index (χ4n) is 3.99. The summed E-state index contributed by atoms with van der Waals surface area (Å²) in [5.41, 5.74) is 2.31. The van der Waals surface area contributed by atoms with Crippen LogP contribution in [0.2, 0.25) is 0 Å². The highest BCUT2D eigenvalue weighted by atomic mass is 16.3. The van der Waals surface area contributed by atoms with Crippen LogP contribution in [0.5, 0.6) is 0 Å². The van der Waals surface area contributed by atoms with Crippen LogP contribution in [0.25, 0.3) is 16.7 Å². The number of furan rings is 1. The third-order valence-corrected chi connectivity index (χ3v) is 5.21. The molecule has 1 amide bonds. The third-order valence-electron chi connectivity index (χ3n) is 5.21. The number of hydrogen-bond acceptors (Lipinski definition) is 4. The van der Waals surface area contributed by atoms with Crippen molar-refractivity contribution in [2.75, 3.05) is 0 Å². The summed E-state index contributed by atoms with van der Waals surface area (Å²) in [5, 5.41) is 7.64. The molecule has 2 N–H and O–H groups in total. The standard InChI is InChI=1S/C18H18N4O2/c23-18(21-15-8-12-2-3-14(15)20-12)11-1-4-17-13(7-11)16(9-24-17)22-6-5-19-10-22/h1,4-7,9-10,12,14-15,20H,2-3,8H2,(H,21,23)/t12-,14+,15-/m1/s1. The summed E-state index contributed by atoms with van der Waals surface area (Å²) in [5.74, 6) is -0.0194. The number of carbonyl (C=O) groups is 1. The van der Waals surface area contributed by atoms with Crippen molar-refractivity contribution in [1.29, 1.82) is 0 Å². The van der Waals surface area contributed by atoms with Gasteiger partial charge in [-0.15, -0.1) is 0 Å². The molecule has 122 valence electrons. The Balaban J connectivity index is 1.44. The smallest absolute Gasteiger partial charge is 0.251 e. The van der Waals surface area contributed by atoms with E-state index in [4.69, 9.17) is 4.42 Å². The predicted molar refractivity (Wildman–Crippen MR) is 89.2 cm³/mol. The second-order valence-corrected chi connectivity index (χ2v) is 6.66. The van der Waals surface area contributed by atoms with Crippen molar-refractivity contribution in [3.63, 3.8) is 0 Å². The summed E-state index contributed by atoms with van der Waals surface area (Å²) < 4.78 is 7.47. The molecule has 24 heavy (non-hydrogen) atoms. The molecule has 5 rings (SSSR count). The topological polar surface area (TPSA) is 72.1 Å². The van der Waals surface area contributed by atoms with Gasteiger partial charge in [-0.3, -0.25) is 4.79 Å². The van der Waals surface area contributed by atoms with Gasteiger partial charge in [0.25, 0.3) is 5.91 Å². The number of amides is 1. The second kappa shape index (κ2) is 5.21. The Morgan fingerprint density at radius 2 is 2.33 bits per heavy atom. The Morgan fingerprint density at radius 1 is 1.38 bits per heavy atom. The molecule has 1 aromatic carbocycles. The molecular weight excluding hydrogens is 304 g/mol. The normalized spacial score (nSPS) is 25.4. The first kappa shape index (κ1) is 13.8. The highest BCUT2D eigenvalue weighted by Crippen LogP contribution is 2.29. The fourth-order valence-corrected chi connectivity index (χ4v) is 3.99. The maximum absolute atomic E-state index is 12.7. The first-order valence-electron chi connectivity index (χ1n) is 8.34. The first-order chi connectivity index (χ1) is 11.8. The van der Waals surface area contributed by atoms with Crippen LogP contribution < -0.4 is 10.6 Å². The summed E-state index contributed by atoms with van der Waals surface area (Å²) in [4.78, 5) is 16.7. The van der Waals surface area contributed by atoms with Gasteiger partial charge in [0, 0.05) is 41.5 Å². The first-order valence-corrected chi connectivity index (χ1v) is 8.34. The zero-order valence-corrected chi connectivity index (χ0v) is 13.1. The summed E-state index contributed by atoms with van der Waals surface area (Å²) in [6.07, 6.45) is 10.4. The molecule has 2 aliphatic heterocycles. The Labute approximate surface area is 138 Å². The van der Waals surface area contributed by atoms with Crippen LogP contribution in [0.4, 0.5) is 0 Å². The number of nitrogens with one attached hydrogen (secondary N) is 2. The number of fused-ring (bicyclic) bond motifs is 3. The summed E-state index contributed by atoms with van der Waals surface area (Å²) >= 11 is 0. The monoisotopic (exact) mass is 322 g/mol. The van der Waals surface area contributed by atoms with E-state index in [9.17, 15) is 4.79 Å². The van der Waals surface area contributed by atoms with E-state index < -0.39 is 0 Å². The molecule has 2 aliphatic rings. The van der Waals surface area contributed by atoms with Crippen molar-refractivity contribution in [2.45, 2.75) is 37.4 Å². The van der Waals surface area contributed by atoms with Crippen LogP contribution in [0.3, 0.4) is 0 Å². The minimum absolute atomic E-state index is 0.0194. The summed E-state index contributed by atoms with van der Waals surface area (Å²) in [7, 11) is 0. The molecule has 2 fully saturated rings. The van der Waals surface area contributed by atoms with Gasteiger partial charge in [-0.1, -0.05) is 0 Å². The van der Waals surface area contributed by atoms with Crippen molar-refractivity contribution in [1.82, 2.24) is 20.2 Å². The number of rotatable bonds is 3. The van der Waals surface area contributed by atoms with E-state index in [2.05, 4.69) is 15.6 Å². The highest BCUT2D eigenvalue weighted by Gasteiger charge is 2.39. The molecule has 4 heterocycles. The quantitative estimate of drug-likeness (QED) is 0.776. The number of nitrogens with zero attached hydrogens (tertiary/aromatic N) is 2. The van der Waals surface area contributed by atoms with Gasteiger partial charge in [0.2, 0.25) is 0 Å². The van der Waals surface area contributed by atoms with Crippen LogP contribution in [-0.4, -0.2) is 33.6 Å². The summed E-state index contributed by atoms with van der Waals surface area (Å²) in [6.45, 7) is 0. The van der Waals surface area contributed by atoms with Gasteiger partial charge in [-0.2, -0.15) is 0 Å². The van der Waals surface area contributed by atoms with E-state index in [1.165, 1.54) is 6.42 Å². The van der Waals surface area contributed by atoms with Crippen LogP contribution in [-0.2, 0) is 0 Å². The largest absolute Gasteiger partial charge is 0.462 e. The van der Waals surface area contributed by atoms with Crippen molar-refractivity contribution in [2.24, 2.45) is 0 Å². The van der Waals surface area contributed by atoms with Gasteiger partial charge in [0.05, 0.1) is 12.0 Å². The van der Waals surface area contributed by atoms with E-state index in [0.717, 1.165) is 29.5 Å². The van der Waals surface area contributed by atoms with Crippen LogP contribution in [0, 0.1) is 0 Å². The molecular formula is C18H18N4O2. The van der Waals surface area contributed by atoms with Crippen molar-refractivity contribution in [3.8, 4) is 5.69 Å². The van der Waals surface area contributed by atoms with Gasteiger partial charge in [0.1, 0.15) is 11.8 Å². The third kappa shape index (κ3) is 2.14. The highest BCUT2D eigenvalue weighted by molar-refractivity contribution is 5.99. The molecule has 6 heteroatoms. The Kier molecular flexibility index (Phi) is 2.99. The molecule has 0 saturated carbocycles. The zero-order chi connectivity index (χ0) is 16.1. The molecule has 3 aromatic rings. The lowest BCUT2D eigenvalue weighted by Gasteiger charge is -2.21. The second-order valence-electron chi connectivity index (χ2n) is 6.66.